The fourth-order valence-electron chi connectivity index (χ4n) is 3.64. The first-order valence-electron chi connectivity index (χ1n) is 7.99. The van der Waals surface area contributed by atoms with Gasteiger partial charge in [0.05, 0.1) is 5.41 Å². The fraction of sp³-hybridized carbons (Fsp3) is 0.588. The van der Waals surface area contributed by atoms with Gasteiger partial charge in [0, 0.05) is 26.3 Å². The number of ether oxygens (including phenoxy) is 1. The maximum atomic E-state index is 13.7. The Hall–Kier alpha value is -1.46. The molecule has 3 rings (SSSR count). The number of hydrogen-bond donors (Lipinski definition) is 1. The van der Waals surface area contributed by atoms with E-state index in [-0.39, 0.29) is 11.7 Å². The van der Waals surface area contributed by atoms with E-state index in [1.807, 2.05) is 11.0 Å². The third-order valence-electron chi connectivity index (χ3n) is 5.04. The van der Waals surface area contributed by atoms with E-state index in [1.165, 1.54) is 12.1 Å². The third-order valence-corrected chi connectivity index (χ3v) is 5.04. The van der Waals surface area contributed by atoms with E-state index in [4.69, 9.17) is 10.5 Å². The summed E-state index contributed by atoms with van der Waals surface area (Å²) >= 11 is 0. The molecular formula is C17H23FN2O2. The highest BCUT2D eigenvalue weighted by Crippen LogP contribution is 2.38. The first-order valence-corrected chi connectivity index (χ1v) is 7.99. The van der Waals surface area contributed by atoms with Crippen molar-refractivity contribution in [1.29, 1.82) is 0 Å². The molecule has 2 saturated heterocycles. The average molecular weight is 306 g/mol. The second-order valence-corrected chi connectivity index (χ2v) is 6.35. The SMILES string of the molecule is NCC1CCN(C(=O)C2(c3cccc(F)c3)CCOCC2)C1. The second-order valence-electron chi connectivity index (χ2n) is 6.35. The number of hydrogen-bond acceptors (Lipinski definition) is 3. The third kappa shape index (κ3) is 2.75. The molecular weight excluding hydrogens is 283 g/mol. The molecule has 1 aromatic rings. The lowest BCUT2D eigenvalue weighted by molar-refractivity contribution is -0.140. The Morgan fingerprint density at radius 2 is 2.18 bits per heavy atom. The van der Waals surface area contributed by atoms with Crippen LogP contribution < -0.4 is 5.73 Å². The zero-order valence-electron chi connectivity index (χ0n) is 12.8. The zero-order chi connectivity index (χ0) is 15.6. The largest absolute Gasteiger partial charge is 0.381 e. The Kier molecular flexibility index (Phi) is 4.45. The summed E-state index contributed by atoms with van der Waals surface area (Å²) < 4.78 is 19.1. The van der Waals surface area contributed by atoms with Crippen LogP contribution >= 0.6 is 0 Å². The highest BCUT2D eigenvalue weighted by Gasteiger charge is 2.45. The summed E-state index contributed by atoms with van der Waals surface area (Å²) in [6, 6.07) is 6.46. The highest BCUT2D eigenvalue weighted by molar-refractivity contribution is 5.88. The smallest absolute Gasteiger partial charge is 0.233 e. The molecule has 5 heteroatoms. The predicted molar refractivity (Wildman–Crippen MR) is 81.9 cm³/mol. The topological polar surface area (TPSA) is 55.6 Å². The van der Waals surface area contributed by atoms with Crippen LogP contribution in [-0.2, 0) is 14.9 Å². The fourth-order valence-corrected chi connectivity index (χ4v) is 3.64. The Morgan fingerprint density at radius 1 is 1.41 bits per heavy atom. The number of nitrogens with zero attached hydrogens (tertiary/aromatic N) is 1. The van der Waals surface area contributed by atoms with Gasteiger partial charge in [-0.25, -0.2) is 4.39 Å². The van der Waals surface area contributed by atoms with Gasteiger partial charge in [-0.15, -0.1) is 0 Å². The lowest BCUT2D eigenvalue weighted by Crippen LogP contribution is -2.49. The minimum Gasteiger partial charge on any atom is -0.381 e. The number of carbonyl (C=O) groups is 1. The Balaban J connectivity index is 1.91. The first-order chi connectivity index (χ1) is 10.7. The van der Waals surface area contributed by atoms with Gasteiger partial charge in [0.15, 0.2) is 0 Å². The Labute approximate surface area is 130 Å². The van der Waals surface area contributed by atoms with Gasteiger partial charge in [0.2, 0.25) is 5.91 Å². The van der Waals surface area contributed by atoms with E-state index >= 15 is 0 Å². The van der Waals surface area contributed by atoms with Crippen molar-refractivity contribution in [3.63, 3.8) is 0 Å². The minimum atomic E-state index is -0.649. The molecule has 2 aliphatic rings. The van der Waals surface area contributed by atoms with Crippen molar-refractivity contribution >= 4 is 5.91 Å². The summed E-state index contributed by atoms with van der Waals surface area (Å²) in [4.78, 5) is 15.1. The van der Waals surface area contributed by atoms with E-state index in [0.29, 0.717) is 45.1 Å². The molecule has 0 bridgehead atoms. The molecule has 2 fully saturated rings. The van der Waals surface area contributed by atoms with Gasteiger partial charge in [0.1, 0.15) is 5.82 Å². The van der Waals surface area contributed by atoms with Gasteiger partial charge in [-0.2, -0.15) is 0 Å². The van der Waals surface area contributed by atoms with Gasteiger partial charge in [0.25, 0.3) is 0 Å². The monoisotopic (exact) mass is 306 g/mol. The molecule has 120 valence electrons. The van der Waals surface area contributed by atoms with E-state index < -0.39 is 5.41 Å². The van der Waals surface area contributed by atoms with E-state index in [0.717, 1.165) is 18.5 Å². The number of amides is 1. The lowest BCUT2D eigenvalue weighted by Gasteiger charge is -2.39. The van der Waals surface area contributed by atoms with E-state index in [9.17, 15) is 9.18 Å². The normalized spacial score (nSPS) is 24.5. The van der Waals surface area contributed by atoms with Crippen LogP contribution in [0.25, 0.3) is 0 Å². The number of halogens is 1. The number of nitrogens with two attached hydrogens (primary N) is 1. The first kappa shape index (κ1) is 15.4. The summed E-state index contributed by atoms with van der Waals surface area (Å²) in [5.74, 6) is 0.197. The van der Waals surface area contributed by atoms with Crippen LogP contribution in [0.15, 0.2) is 24.3 Å². The molecule has 1 aromatic carbocycles. The molecule has 0 spiro atoms. The molecule has 0 aromatic heterocycles. The molecule has 22 heavy (non-hydrogen) atoms. The molecule has 4 nitrogen and oxygen atoms in total. The number of rotatable bonds is 3. The van der Waals surface area contributed by atoms with Gasteiger partial charge in [-0.05, 0) is 49.4 Å². The average Bonchev–Trinajstić information content (AvgIpc) is 3.04. The molecule has 0 radical (unpaired) electrons. The highest BCUT2D eigenvalue weighted by atomic mass is 19.1. The second kappa shape index (κ2) is 6.34. The molecule has 0 saturated carbocycles. The van der Waals surface area contributed by atoms with Crippen molar-refractivity contribution in [2.24, 2.45) is 11.7 Å². The van der Waals surface area contributed by atoms with Crippen LogP contribution in [0.2, 0.25) is 0 Å². The van der Waals surface area contributed by atoms with Crippen molar-refractivity contribution in [2.45, 2.75) is 24.7 Å². The maximum Gasteiger partial charge on any atom is 0.233 e. The zero-order valence-corrected chi connectivity index (χ0v) is 12.8. The van der Waals surface area contributed by atoms with Crippen LogP contribution in [0.4, 0.5) is 4.39 Å². The van der Waals surface area contributed by atoms with Gasteiger partial charge in [-0.1, -0.05) is 12.1 Å². The van der Waals surface area contributed by atoms with Crippen molar-refractivity contribution in [1.82, 2.24) is 4.90 Å². The van der Waals surface area contributed by atoms with Crippen LogP contribution in [0.3, 0.4) is 0 Å². The van der Waals surface area contributed by atoms with Crippen molar-refractivity contribution in [3.8, 4) is 0 Å². The summed E-state index contributed by atoms with van der Waals surface area (Å²) in [6.45, 7) is 3.15. The summed E-state index contributed by atoms with van der Waals surface area (Å²) in [5, 5.41) is 0. The molecule has 1 amide bonds. The molecule has 1 unspecified atom stereocenters. The Morgan fingerprint density at radius 3 is 2.82 bits per heavy atom. The van der Waals surface area contributed by atoms with Crippen molar-refractivity contribution in [2.75, 3.05) is 32.8 Å². The number of carbonyl (C=O) groups excluding carboxylic acids is 1. The summed E-state index contributed by atoms with van der Waals surface area (Å²) in [6.07, 6.45) is 2.18. The van der Waals surface area contributed by atoms with Crippen LogP contribution in [0.1, 0.15) is 24.8 Å². The van der Waals surface area contributed by atoms with Crippen LogP contribution in [0, 0.1) is 11.7 Å². The maximum absolute atomic E-state index is 13.7. The molecule has 1 atom stereocenters. The van der Waals surface area contributed by atoms with Gasteiger partial charge in [-0.3, -0.25) is 4.79 Å². The number of likely N-dealkylation sites (tertiary alicyclic amines) is 1. The van der Waals surface area contributed by atoms with Crippen LogP contribution in [-0.4, -0.2) is 43.7 Å². The lowest BCUT2D eigenvalue weighted by atomic mass is 9.73. The van der Waals surface area contributed by atoms with Crippen LogP contribution in [0.5, 0.6) is 0 Å². The predicted octanol–water partition coefficient (Wildman–Crippen LogP) is 1.68. The minimum absolute atomic E-state index is 0.109. The Bertz CT molecular complexity index is 543. The number of benzene rings is 1. The van der Waals surface area contributed by atoms with Gasteiger partial charge >= 0.3 is 0 Å². The van der Waals surface area contributed by atoms with Gasteiger partial charge < -0.3 is 15.4 Å². The standard InChI is InChI=1S/C17H23FN2O2/c18-15-3-1-2-14(10-15)17(5-8-22-9-6-17)16(21)20-7-4-13(11-19)12-20/h1-3,10,13H,4-9,11-12,19H2. The summed E-state index contributed by atoms with van der Waals surface area (Å²) in [5.41, 5.74) is 5.86. The molecule has 0 aliphatic carbocycles. The quantitative estimate of drug-likeness (QED) is 0.924. The molecule has 2 N–H and O–H groups in total. The van der Waals surface area contributed by atoms with Crippen molar-refractivity contribution in [3.05, 3.63) is 35.6 Å². The van der Waals surface area contributed by atoms with Crippen molar-refractivity contribution < 1.29 is 13.9 Å². The molecule has 2 aliphatic heterocycles. The van der Waals surface area contributed by atoms with E-state index in [2.05, 4.69) is 0 Å². The summed E-state index contributed by atoms with van der Waals surface area (Å²) in [7, 11) is 0. The van der Waals surface area contributed by atoms with E-state index in [1.54, 1.807) is 6.07 Å². The molecule has 2 heterocycles.